The summed E-state index contributed by atoms with van der Waals surface area (Å²) in [5.74, 6) is 0.698. The number of hydrogen-bond donors (Lipinski definition) is 1. The average Bonchev–Trinajstić information content (AvgIpc) is 2.90. The first-order valence-corrected chi connectivity index (χ1v) is 6.23. The van der Waals surface area contributed by atoms with Crippen LogP contribution in [0.5, 0.6) is 0 Å². The summed E-state index contributed by atoms with van der Waals surface area (Å²) in [4.78, 5) is 9.42. The molecule has 0 aliphatic rings. The van der Waals surface area contributed by atoms with E-state index in [2.05, 4.69) is 33.7 Å². The third-order valence-electron chi connectivity index (χ3n) is 2.38. The van der Waals surface area contributed by atoms with E-state index in [0.29, 0.717) is 11.5 Å². The standard InChI is InChI=1S/C12H12N4S/c1-2-10(11-4-3-5-17-11)16-12-8-14-9(6-13)7-15-12/h3-5,7-8,10H,2H2,1H3,(H,15,16). The molecule has 0 aliphatic heterocycles. The van der Waals surface area contributed by atoms with Crippen molar-refractivity contribution in [1.82, 2.24) is 9.97 Å². The summed E-state index contributed by atoms with van der Waals surface area (Å²) in [6.07, 6.45) is 4.04. The molecule has 0 fully saturated rings. The van der Waals surface area contributed by atoms with Crippen LogP contribution in [-0.4, -0.2) is 9.97 Å². The van der Waals surface area contributed by atoms with Gasteiger partial charge in [0.1, 0.15) is 11.9 Å². The summed E-state index contributed by atoms with van der Waals surface area (Å²) >= 11 is 1.72. The molecule has 0 aliphatic carbocycles. The molecule has 0 aromatic carbocycles. The van der Waals surface area contributed by atoms with Crippen LogP contribution in [0.25, 0.3) is 0 Å². The Morgan fingerprint density at radius 2 is 2.35 bits per heavy atom. The monoisotopic (exact) mass is 244 g/mol. The lowest BCUT2D eigenvalue weighted by Crippen LogP contribution is -2.09. The Morgan fingerprint density at radius 3 is 2.88 bits per heavy atom. The van der Waals surface area contributed by atoms with E-state index in [1.165, 1.54) is 11.1 Å². The molecule has 86 valence electrons. The summed E-state index contributed by atoms with van der Waals surface area (Å²) in [7, 11) is 0. The molecule has 0 saturated carbocycles. The number of nitrogens with one attached hydrogen (secondary N) is 1. The number of hydrogen-bond acceptors (Lipinski definition) is 5. The molecule has 1 atom stereocenters. The van der Waals surface area contributed by atoms with E-state index < -0.39 is 0 Å². The predicted octanol–water partition coefficient (Wildman–Crippen LogP) is 2.97. The van der Waals surface area contributed by atoms with Gasteiger partial charge >= 0.3 is 0 Å². The van der Waals surface area contributed by atoms with Gasteiger partial charge in [0.15, 0.2) is 5.69 Å². The fourth-order valence-electron chi connectivity index (χ4n) is 1.50. The molecule has 5 heteroatoms. The van der Waals surface area contributed by atoms with Gasteiger partial charge in [-0.3, -0.25) is 0 Å². The fourth-order valence-corrected chi connectivity index (χ4v) is 2.36. The molecule has 17 heavy (non-hydrogen) atoms. The van der Waals surface area contributed by atoms with E-state index in [1.54, 1.807) is 17.5 Å². The smallest absolute Gasteiger partial charge is 0.158 e. The van der Waals surface area contributed by atoms with Crippen molar-refractivity contribution < 1.29 is 0 Å². The lowest BCUT2D eigenvalue weighted by atomic mass is 10.2. The van der Waals surface area contributed by atoms with Crippen LogP contribution in [0, 0.1) is 11.3 Å². The van der Waals surface area contributed by atoms with Gasteiger partial charge in [0.05, 0.1) is 18.4 Å². The quantitative estimate of drug-likeness (QED) is 0.898. The molecule has 0 saturated heterocycles. The van der Waals surface area contributed by atoms with Crippen molar-refractivity contribution in [3.05, 3.63) is 40.5 Å². The fraction of sp³-hybridized carbons (Fsp3) is 0.250. The molecule has 0 bridgehead atoms. The Balaban J connectivity index is 2.11. The third-order valence-corrected chi connectivity index (χ3v) is 3.37. The molecule has 4 nitrogen and oxygen atoms in total. The van der Waals surface area contributed by atoms with Gasteiger partial charge in [-0.25, -0.2) is 9.97 Å². The molecular weight excluding hydrogens is 232 g/mol. The zero-order chi connectivity index (χ0) is 12.1. The van der Waals surface area contributed by atoms with E-state index in [1.807, 2.05) is 12.1 Å². The first kappa shape index (κ1) is 11.6. The first-order valence-electron chi connectivity index (χ1n) is 5.35. The van der Waals surface area contributed by atoms with Crippen LogP contribution in [0.15, 0.2) is 29.9 Å². The van der Waals surface area contributed by atoms with Gasteiger partial charge in [-0.15, -0.1) is 11.3 Å². The minimum atomic E-state index is 0.247. The Bertz CT molecular complexity index is 498. The van der Waals surface area contributed by atoms with Gasteiger partial charge in [-0.2, -0.15) is 5.26 Å². The molecule has 1 unspecified atom stereocenters. The molecule has 0 spiro atoms. The molecule has 2 heterocycles. The summed E-state index contributed by atoms with van der Waals surface area (Å²) in [5, 5.41) is 14.0. The van der Waals surface area contributed by atoms with Crippen molar-refractivity contribution in [2.24, 2.45) is 0 Å². The SMILES string of the molecule is CCC(Nc1cnc(C#N)cn1)c1cccs1. The van der Waals surface area contributed by atoms with E-state index in [4.69, 9.17) is 5.26 Å². The molecule has 2 rings (SSSR count). The summed E-state index contributed by atoms with van der Waals surface area (Å²) in [6.45, 7) is 2.12. The zero-order valence-corrected chi connectivity index (χ0v) is 10.2. The molecule has 2 aromatic heterocycles. The largest absolute Gasteiger partial charge is 0.361 e. The van der Waals surface area contributed by atoms with Crippen molar-refractivity contribution in [3.63, 3.8) is 0 Å². The van der Waals surface area contributed by atoms with Gasteiger partial charge in [0.25, 0.3) is 0 Å². The summed E-state index contributed by atoms with van der Waals surface area (Å²) < 4.78 is 0. The highest BCUT2D eigenvalue weighted by molar-refractivity contribution is 7.10. The van der Waals surface area contributed by atoms with Crippen molar-refractivity contribution in [1.29, 1.82) is 5.26 Å². The van der Waals surface area contributed by atoms with Crippen LogP contribution in [0.3, 0.4) is 0 Å². The average molecular weight is 244 g/mol. The predicted molar refractivity (Wildman–Crippen MR) is 67.7 cm³/mol. The van der Waals surface area contributed by atoms with Gasteiger partial charge in [-0.1, -0.05) is 13.0 Å². The van der Waals surface area contributed by atoms with Gasteiger partial charge < -0.3 is 5.32 Å². The Labute approximate surface area is 104 Å². The normalized spacial score (nSPS) is 11.8. The number of anilines is 1. The number of aromatic nitrogens is 2. The summed E-state index contributed by atoms with van der Waals surface area (Å²) in [5.41, 5.74) is 0.333. The summed E-state index contributed by atoms with van der Waals surface area (Å²) in [6, 6.07) is 6.33. The van der Waals surface area contributed by atoms with Crippen LogP contribution in [-0.2, 0) is 0 Å². The van der Waals surface area contributed by atoms with Crippen LogP contribution >= 0.6 is 11.3 Å². The van der Waals surface area contributed by atoms with Crippen molar-refractivity contribution in [2.45, 2.75) is 19.4 Å². The van der Waals surface area contributed by atoms with E-state index in [-0.39, 0.29) is 6.04 Å². The lowest BCUT2D eigenvalue weighted by molar-refractivity contribution is 0.757. The number of nitrogens with zero attached hydrogens (tertiary/aromatic N) is 3. The van der Waals surface area contributed by atoms with Crippen molar-refractivity contribution in [3.8, 4) is 6.07 Å². The molecule has 1 N–H and O–H groups in total. The topological polar surface area (TPSA) is 61.6 Å². The second-order valence-corrected chi connectivity index (χ2v) is 4.50. The second-order valence-electron chi connectivity index (χ2n) is 3.52. The molecule has 0 radical (unpaired) electrons. The minimum absolute atomic E-state index is 0.247. The maximum Gasteiger partial charge on any atom is 0.158 e. The first-order chi connectivity index (χ1) is 8.33. The number of rotatable bonds is 4. The number of nitriles is 1. The highest BCUT2D eigenvalue weighted by Gasteiger charge is 2.10. The van der Waals surface area contributed by atoms with Crippen LogP contribution in [0.1, 0.15) is 30.0 Å². The zero-order valence-electron chi connectivity index (χ0n) is 9.42. The minimum Gasteiger partial charge on any atom is -0.361 e. The van der Waals surface area contributed by atoms with E-state index in [0.717, 1.165) is 6.42 Å². The van der Waals surface area contributed by atoms with Gasteiger partial charge in [0, 0.05) is 4.88 Å². The Morgan fingerprint density at radius 1 is 1.47 bits per heavy atom. The van der Waals surface area contributed by atoms with E-state index >= 15 is 0 Å². The van der Waals surface area contributed by atoms with Crippen LogP contribution in [0.2, 0.25) is 0 Å². The highest BCUT2D eigenvalue weighted by Crippen LogP contribution is 2.24. The highest BCUT2D eigenvalue weighted by atomic mass is 32.1. The molecular formula is C12H12N4S. The van der Waals surface area contributed by atoms with Gasteiger partial charge in [0.2, 0.25) is 0 Å². The van der Waals surface area contributed by atoms with Crippen molar-refractivity contribution in [2.75, 3.05) is 5.32 Å². The Kier molecular flexibility index (Phi) is 3.68. The number of thiophene rings is 1. The van der Waals surface area contributed by atoms with Gasteiger partial charge in [-0.05, 0) is 17.9 Å². The maximum absolute atomic E-state index is 8.64. The van der Waals surface area contributed by atoms with Crippen LogP contribution < -0.4 is 5.32 Å². The Hall–Kier alpha value is -1.93. The molecule has 0 amide bonds. The third kappa shape index (κ3) is 2.80. The second kappa shape index (κ2) is 5.41. The van der Waals surface area contributed by atoms with E-state index in [9.17, 15) is 0 Å². The lowest BCUT2D eigenvalue weighted by Gasteiger charge is -2.15. The van der Waals surface area contributed by atoms with Crippen molar-refractivity contribution >= 4 is 17.2 Å². The molecule has 2 aromatic rings. The maximum atomic E-state index is 8.64. The van der Waals surface area contributed by atoms with Crippen LogP contribution in [0.4, 0.5) is 5.82 Å².